The van der Waals surface area contributed by atoms with E-state index in [2.05, 4.69) is 50.8 Å². The minimum atomic E-state index is 0.215. The largest absolute Gasteiger partial charge is 0.329 e. The molecule has 0 amide bonds. The first-order valence-corrected chi connectivity index (χ1v) is 7.04. The first-order chi connectivity index (χ1) is 8.47. The molecular formula is C16H26N2. The van der Waals surface area contributed by atoms with Crippen LogP contribution in [0.2, 0.25) is 0 Å². The van der Waals surface area contributed by atoms with E-state index < -0.39 is 0 Å². The highest BCUT2D eigenvalue weighted by atomic mass is 15.2. The van der Waals surface area contributed by atoms with Gasteiger partial charge in [-0.05, 0) is 35.1 Å². The summed E-state index contributed by atoms with van der Waals surface area (Å²) < 4.78 is 0. The number of benzene rings is 1. The van der Waals surface area contributed by atoms with Crippen LogP contribution in [-0.2, 0) is 12.0 Å². The lowest BCUT2D eigenvalue weighted by atomic mass is 9.85. The molecule has 1 aromatic rings. The molecule has 18 heavy (non-hydrogen) atoms. The van der Waals surface area contributed by atoms with E-state index in [1.54, 1.807) is 0 Å². The second kappa shape index (κ2) is 5.02. The van der Waals surface area contributed by atoms with E-state index in [0.717, 1.165) is 19.6 Å². The number of fused-ring (bicyclic) bond motifs is 1. The minimum Gasteiger partial charge on any atom is -0.329 e. The Morgan fingerprint density at radius 3 is 2.61 bits per heavy atom. The molecule has 1 aliphatic heterocycles. The normalized spacial score (nSPS) is 20.2. The van der Waals surface area contributed by atoms with E-state index >= 15 is 0 Å². The van der Waals surface area contributed by atoms with Gasteiger partial charge in [-0.2, -0.15) is 0 Å². The molecule has 0 bridgehead atoms. The van der Waals surface area contributed by atoms with Gasteiger partial charge in [0.2, 0.25) is 0 Å². The Labute approximate surface area is 111 Å². The summed E-state index contributed by atoms with van der Waals surface area (Å²) in [5, 5.41) is 0. The molecular weight excluding hydrogens is 220 g/mol. The molecule has 2 N–H and O–H groups in total. The third-order valence-electron chi connectivity index (χ3n) is 3.92. The lowest BCUT2D eigenvalue weighted by Crippen LogP contribution is -2.28. The zero-order chi connectivity index (χ0) is 13.3. The van der Waals surface area contributed by atoms with Gasteiger partial charge in [-0.15, -0.1) is 0 Å². The van der Waals surface area contributed by atoms with Crippen molar-refractivity contribution >= 4 is 0 Å². The van der Waals surface area contributed by atoms with Crippen LogP contribution in [0.3, 0.4) is 0 Å². The molecule has 100 valence electrons. The fourth-order valence-corrected chi connectivity index (χ4v) is 2.84. The van der Waals surface area contributed by atoms with Gasteiger partial charge in [0.1, 0.15) is 0 Å². The van der Waals surface area contributed by atoms with Crippen molar-refractivity contribution in [3.05, 3.63) is 34.9 Å². The molecule has 2 heteroatoms. The fourth-order valence-electron chi connectivity index (χ4n) is 2.84. The van der Waals surface area contributed by atoms with Crippen LogP contribution >= 0.6 is 0 Å². The summed E-state index contributed by atoms with van der Waals surface area (Å²) in [6, 6.07) is 7.38. The number of nitrogens with two attached hydrogens (primary N) is 1. The second-order valence-electron chi connectivity index (χ2n) is 6.39. The number of rotatable bonds is 3. The van der Waals surface area contributed by atoms with E-state index in [1.165, 1.54) is 23.1 Å². The van der Waals surface area contributed by atoms with E-state index in [9.17, 15) is 0 Å². The van der Waals surface area contributed by atoms with Crippen molar-refractivity contribution in [1.29, 1.82) is 0 Å². The molecule has 1 aromatic carbocycles. The Kier molecular flexibility index (Phi) is 3.79. The first kappa shape index (κ1) is 13.6. The summed E-state index contributed by atoms with van der Waals surface area (Å²) in [4.78, 5) is 2.51. The maximum absolute atomic E-state index is 5.99. The molecule has 0 aliphatic carbocycles. The standard InChI is InChI=1S/C16H26N2/c1-5-8-18-11-12-6-7-13(16(2,3)4)9-14(12)15(18)10-17/h6-7,9,15H,5,8,10-11,17H2,1-4H3. The average molecular weight is 246 g/mol. The lowest BCUT2D eigenvalue weighted by Gasteiger charge is -2.24. The maximum Gasteiger partial charge on any atom is 0.0477 e. The SMILES string of the molecule is CCCN1Cc2ccc(C(C)(C)C)cc2C1CN. The third-order valence-corrected chi connectivity index (χ3v) is 3.92. The number of hydrogen-bond acceptors (Lipinski definition) is 2. The third kappa shape index (κ3) is 2.45. The Bertz CT molecular complexity index is 418. The minimum absolute atomic E-state index is 0.215. The Hall–Kier alpha value is -0.860. The van der Waals surface area contributed by atoms with E-state index in [-0.39, 0.29) is 5.41 Å². The zero-order valence-electron chi connectivity index (χ0n) is 12.2. The second-order valence-corrected chi connectivity index (χ2v) is 6.39. The van der Waals surface area contributed by atoms with Crippen LogP contribution in [-0.4, -0.2) is 18.0 Å². The Morgan fingerprint density at radius 2 is 2.06 bits per heavy atom. The van der Waals surface area contributed by atoms with Crippen LogP contribution in [0.4, 0.5) is 0 Å². The lowest BCUT2D eigenvalue weighted by molar-refractivity contribution is 0.220. The van der Waals surface area contributed by atoms with Gasteiger partial charge in [0.25, 0.3) is 0 Å². The number of hydrogen-bond donors (Lipinski definition) is 1. The van der Waals surface area contributed by atoms with Gasteiger partial charge in [0.05, 0.1) is 0 Å². The van der Waals surface area contributed by atoms with Crippen LogP contribution in [0.5, 0.6) is 0 Å². The highest BCUT2D eigenvalue weighted by Crippen LogP contribution is 2.36. The molecule has 0 aromatic heterocycles. The summed E-state index contributed by atoms with van der Waals surface area (Å²) in [7, 11) is 0. The van der Waals surface area contributed by atoms with Crippen LogP contribution < -0.4 is 5.73 Å². The summed E-state index contributed by atoms with van der Waals surface area (Å²) in [6.45, 7) is 12.0. The van der Waals surface area contributed by atoms with Crippen molar-refractivity contribution in [3.8, 4) is 0 Å². The highest BCUT2D eigenvalue weighted by Gasteiger charge is 2.29. The molecule has 0 radical (unpaired) electrons. The van der Waals surface area contributed by atoms with Gasteiger partial charge < -0.3 is 5.73 Å². The number of nitrogens with zero attached hydrogens (tertiary/aromatic N) is 1. The van der Waals surface area contributed by atoms with Gasteiger partial charge in [0.15, 0.2) is 0 Å². The van der Waals surface area contributed by atoms with Crippen molar-refractivity contribution in [2.24, 2.45) is 5.73 Å². The molecule has 0 saturated heterocycles. The van der Waals surface area contributed by atoms with Crippen molar-refractivity contribution in [2.45, 2.75) is 52.1 Å². The van der Waals surface area contributed by atoms with E-state index in [4.69, 9.17) is 5.73 Å². The van der Waals surface area contributed by atoms with Crippen LogP contribution in [0.15, 0.2) is 18.2 Å². The molecule has 1 atom stereocenters. The van der Waals surface area contributed by atoms with Gasteiger partial charge in [-0.1, -0.05) is 45.9 Å². The Morgan fingerprint density at radius 1 is 1.33 bits per heavy atom. The molecule has 0 fully saturated rings. The Balaban J connectivity index is 2.34. The summed E-state index contributed by atoms with van der Waals surface area (Å²) in [5.41, 5.74) is 10.5. The molecule has 1 heterocycles. The van der Waals surface area contributed by atoms with Crippen LogP contribution in [0, 0.1) is 0 Å². The van der Waals surface area contributed by atoms with Crippen LogP contribution in [0.25, 0.3) is 0 Å². The van der Waals surface area contributed by atoms with Crippen molar-refractivity contribution < 1.29 is 0 Å². The molecule has 2 nitrogen and oxygen atoms in total. The van der Waals surface area contributed by atoms with Crippen molar-refractivity contribution in [3.63, 3.8) is 0 Å². The van der Waals surface area contributed by atoms with Gasteiger partial charge in [-0.25, -0.2) is 0 Å². The van der Waals surface area contributed by atoms with Crippen LogP contribution in [0.1, 0.15) is 56.8 Å². The molecule has 0 saturated carbocycles. The van der Waals surface area contributed by atoms with Gasteiger partial charge >= 0.3 is 0 Å². The van der Waals surface area contributed by atoms with E-state index in [0.29, 0.717) is 6.04 Å². The predicted octanol–water partition coefficient (Wildman–Crippen LogP) is 3.21. The monoisotopic (exact) mass is 246 g/mol. The maximum atomic E-state index is 5.99. The molecule has 1 unspecified atom stereocenters. The van der Waals surface area contributed by atoms with Gasteiger partial charge in [-0.3, -0.25) is 4.90 Å². The molecule has 0 spiro atoms. The highest BCUT2D eigenvalue weighted by molar-refractivity contribution is 5.40. The summed E-state index contributed by atoms with van der Waals surface area (Å²) in [5.74, 6) is 0. The fraction of sp³-hybridized carbons (Fsp3) is 0.625. The predicted molar refractivity (Wildman–Crippen MR) is 77.6 cm³/mol. The quantitative estimate of drug-likeness (QED) is 0.887. The van der Waals surface area contributed by atoms with E-state index in [1.807, 2.05) is 0 Å². The summed E-state index contributed by atoms with van der Waals surface area (Å²) in [6.07, 6.45) is 1.19. The van der Waals surface area contributed by atoms with Crippen molar-refractivity contribution in [1.82, 2.24) is 4.90 Å². The van der Waals surface area contributed by atoms with Gasteiger partial charge in [0, 0.05) is 19.1 Å². The average Bonchev–Trinajstić information content (AvgIpc) is 2.64. The topological polar surface area (TPSA) is 29.3 Å². The first-order valence-electron chi connectivity index (χ1n) is 7.04. The zero-order valence-corrected chi connectivity index (χ0v) is 12.2. The molecule has 1 aliphatic rings. The molecule has 2 rings (SSSR count). The summed E-state index contributed by atoms with van der Waals surface area (Å²) >= 11 is 0. The smallest absolute Gasteiger partial charge is 0.0477 e. The van der Waals surface area contributed by atoms with Crippen molar-refractivity contribution in [2.75, 3.05) is 13.1 Å².